The third-order valence-electron chi connectivity index (χ3n) is 4.05. The summed E-state index contributed by atoms with van der Waals surface area (Å²) in [6.07, 6.45) is 1.62. The number of carbonyl (C=O) groups excluding carboxylic acids is 2. The van der Waals surface area contributed by atoms with Crippen LogP contribution < -0.4 is 5.32 Å². The Morgan fingerprint density at radius 1 is 1.24 bits per heavy atom. The summed E-state index contributed by atoms with van der Waals surface area (Å²) in [5.41, 5.74) is 1.55. The first kappa shape index (κ1) is 13.7. The Morgan fingerprint density at radius 3 is 2.62 bits per heavy atom. The molecule has 110 valence electrons. The molecule has 3 rings (SSSR count). The van der Waals surface area contributed by atoms with Crippen molar-refractivity contribution in [1.29, 1.82) is 0 Å². The molecule has 0 spiro atoms. The topological polar surface area (TPSA) is 65.2 Å². The molecule has 0 atom stereocenters. The van der Waals surface area contributed by atoms with E-state index in [1.807, 2.05) is 35.2 Å². The molecule has 21 heavy (non-hydrogen) atoms. The van der Waals surface area contributed by atoms with E-state index < -0.39 is 0 Å². The van der Waals surface area contributed by atoms with E-state index in [0.717, 1.165) is 23.7 Å². The monoisotopic (exact) mass is 285 g/mol. The molecular formula is C16H19N3O2. The summed E-state index contributed by atoms with van der Waals surface area (Å²) in [5.74, 6) is 0.0304. The zero-order valence-electron chi connectivity index (χ0n) is 12.1. The second-order valence-corrected chi connectivity index (χ2v) is 5.52. The van der Waals surface area contributed by atoms with Crippen molar-refractivity contribution in [2.45, 2.75) is 25.8 Å². The van der Waals surface area contributed by atoms with Gasteiger partial charge in [-0.1, -0.05) is 18.2 Å². The fourth-order valence-electron chi connectivity index (χ4n) is 2.80. The number of likely N-dealkylation sites (tertiary alicyclic amines) is 1. The highest BCUT2D eigenvalue weighted by Gasteiger charge is 2.22. The van der Waals surface area contributed by atoms with Crippen LogP contribution in [0, 0.1) is 0 Å². The molecule has 1 aromatic carbocycles. The van der Waals surface area contributed by atoms with Crippen LogP contribution in [0.4, 0.5) is 0 Å². The van der Waals surface area contributed by atoms with Crippen LogP contribution in [-0.4, -0.2) is 40.8 Å². The number of hydrogen-bond donors (Lipinski definition) is 2. The maximum atomic E-state index is 12.3. The number of H-pyrrole nitrogens is 1. The highest BCUT2D eigenvalue weighted by Crippen LogP contribution is 2.16. The first-order valence-corrected chi connectivity index (χ1v) is 7.27. The predicted molar refractivity (Wildman–Crippen MR) is 81.0 cm³/mol. The van der Waals surface area contributed by atoms with Gasteiger partial charge >= 0.3 is 0 Å². The van der Waals surface area contributed by atoms with Crippen molar-refractivity contribution in [3.05, 3.63) is 36.0 Å². The predicted octanol–water partition coefficient (Wildman–Crippen LogP) is 1.91. The number of carbonyl (C=O) groups is 2. The van der Waals surface area contributed by atoms with E-state index >= 15 is 0 Å². The fraction of sp³-hybridized carbons (Fsp3) is 0.375. The van der Waals surface area contributed by atoms with Gasteiger partial charge in [0, 0.05) is 37.0 Å². The van der Waals surface area contributed by atoms with Gasteiger partial charge in [0.05, 0.1) is 0 Å². The zero-order valence-corrected chi connectivity index (χ0v) is 12.1. The van der Waals surface area contributed by atoms with Gasteiger partial charge < -0.3 is 15.2 Å². The smallest absolute Gasteiger partial charge is 0.267 e. The second kappa shape index (κ2) is 5.60. The van der Waals surface area contributed by atoms with E-state index in [0.29, 0.717) is 18.8 Å². The molecule has 0 unspecified atom stereocenters. The van der Waals surface area contributed by atoms with Gasteiger partial charge in [0.2, 0.25) is 5.91 Å². The normalized spacial score (nSPS) is 16.1. The number of nitrogens with zero attached hydrogens (tertiary/aromatic N) is 1. The van der Waals surface area contributed by atoms with Gasteiger partial charge in [-0.3, -0.25) is 9.59 Å². The Hall–Kier alpha value is -2.30. The second-order valence-electron chi connectivity index (χ2n) is 5.52. The van der Waals surface area contributed by atoms with Gasteiger partial charge in [0.25, 0.3) is 5.91 Å². The molecule has 1 fully saturated rings. The van der Waals surface area contributed by atoms with Crippen molar-refractivity contribution in [1.82, 2.24) is 15.2 Å². The highest BCUT2D eigenvalue weighted by molar-refractivity contribution is 5.98. The van der Waals surface area contributed by atoms with Crippen LogP contribution in [0.3, 0.4) is 0 Å². The summed E-state index contributed by atoms with van der Waals surface area (Å²) in [4.78, 5) is 28.5. The number of rotatable bonds is 2. The van der Waals surface area contributed by atoms with Crippen LogP contribution in [0.1, 0.15) is 30.3 Å². The van der Waals surface area contributed by atoms with Crippen LogP contribution in [-0.2, 0) is 4.79 Å². The van der Waals surface area contributed by atoms with Gasteiger partial charge in [0.15, 0.2) is 0 Å². The maximum absolute atomic E-state index is 12.3. The Bertz CT molecular complexity index is 636. The molecule has 0 saturated carbocycles. The Labute approximate surface area is 123 Å². The van der Waals surface area contributed by atoms with Crippen molar-refractivity contribution in [2.75, 3.05) is 13.1 Å². The summed E-state index contributed by atoms with van der Waals surface area (Å²) < 4.78 is 0. The highest BCUT2D eigenvalue weighted by atomic mass is 16.2. The summed E-state index contributed by atoms with van der Waals surface area (Å²) in [7, 11) is 0. The Balaban J connectivity index is 1.63. The lowest BCUT2D eigenvalue weighted by Gasteiger charge is -2.31. The molecule has 5 heteroatoms. The first-order chi connectivity index (χ1) is 10.1. The fourth-order valence-corrected chi connectivity index (χ4v) is 2.80. The number of hydrogen-bond acceptors (Lipinski definition) is 2. The third-order valence-corrected chi connectivity index (χ3v) is 4.05. The molecule has 1 saturated heterocycles. The van der Waals surface area contributed by atoms with Crippen LogP contribution in [0.25, 0.3) is 10.9 Å². The third kappa shape index (κ3) is 2.91. The van der Waals surface area contributed by atoms with Crippen molar-refractivity contribution >= 4 is 22.7 Å². The quantitative estimate of drug-likeness (QED) is 0.885. The lowest BCUT2D eigenvalue weighted by atomic mass is 10.0. The SMILES string of the molecule is CC(=O)N1CCC(NC(=O)c2cc3ccccc3[nH]2)CC1. The molecule has 2 amide bonds. The van der Waals surface area contributed by atoms with Gasteiger partial charge in [-0.2, -0.15) is 0 Å². The van der Waals surface area contributed by atoms with Gasteiger partial charge in [0.1, 0.15) is 5.69 Å². The van der Waals surface area contributed by atoms with Crippen LogP contribution in [0.2, 0.25) is 0 Å². The number of aromatic nitrogens is 1. The van der Waals surface area contributed by atoms with E-state index in [1.54, 1.807) is 6.92 Å². The average Bonchev–Trinajstić information content (AvgIpc) is 2.92. The standard InChI is InChI=1S/C16H19N3O2/c1-11(20)19-8-6-13(7-9-19)17-16(21)15-10-12-4-2-3-5-14(12)18-15/h2-5,10,13,18H,6-9H2,1H3,(H,17,21). The van der Waals surface area contributed by atoms with Crippen molar-refractivity contribution in [3.8, 4) is 0 Å². The van der Waals surface area contributed by atoms with Crippen LogP contribution in [0.5, 0.6) is 0 Å². The summed E-state index contributed by atoms with van der Waals surface area (Å²) >= 11 is 0. The minimum absolute atomic E-state index is 0.0764. The maximum Gasteiger partial charge on any atom is 0.267 e. The Kier molecular flexibility index (Phi) is 3.64. The molecule has 0 radical (unpaired) electrons. The molecule has 1 aliphatic rings. The number of piperidine rings is 1. The number of nitrogens with one attached hydrogen (secondary N) is 2. The number of aromatic amines is 1. The minimum Gasteiger partial charge on any atom is -0.351 e. The first-order valence-electron chi connectivity index (χ1n) is 7.27. The molecule has 1 aromatic heterocycles. The van der Waals surface area contributed by atoms with Gasteiger partial charge in [-0.15, -0.1) is 0 Å². The zero-order chi connectivity index (χ0) is 14.8. The van der Waals surface area contributed by atoms with Crippen LogP contribution >= 0.6 is 0 Å². The van der Waals surface area contributed by atoms with E-state index in [-0.39, 0.29) is 17.9 Å². The number of para-hydroxylation sites is 1. The lowest BCUT2D eigenvalue weighted by molar-refractivity contribution is -0.129. The van der Waals surface area contributed by atoms with E-state index in [9.17, 15) is 9.59 Å². The minimum atomic E-state index is -0.0764. The van der Waals surface area contributed by atoms with E-state index in [1.165, 1.54) is 0 Å². The molecule has 2 N–H and O–H groups in total. The summed E-state index contributed by atoms with van der Waals surface area (Å²) in [5, 5.41) is 4.08. The van der Waals surface area contributed by atoms with Crippen LogP contribution in [0.15, 0.2) is 30.3 Å². The summed E-state index contributed by atoms with van der Waals surface area (Å²) in [6.45, 7) is 3.02. The van der Waals surface area contributed by atoms with Gasteiger partial charge in [-0.05, 0) is 25.0 Å². The molecular weight excluding hydrogens is 266 g/mol. The lowest BCUT2D eigenvalue weighted by Crippen LogP contribution is -2.46. The molecule has 5 nitrogen and oxygen atoms in total. The number of fused-ring (bicyclic) bond motifs is 1. The molecule has 0 bridgehead atoms. The molecule has 2 heterocycles. The molecule has 1 aliphatic heterocycles. The number of benzene rings is 1. The Morgan fingerprint density at radius 2 is 1.95 bits per heavy atom. The van der Waals surface area contributed by atoms with E-state index in [4.69, 9.17) is 0 Å². The van der Waals surface area contributed by atoms with Crippen molar-refractivity contribution in [3.63, 3.8) is 0 Å². The van der Waals surface area contributed by atoms with Crippen molar-refractivity contribution in [2.24, 2.45) is 0 Å². The molecule has 2 aromatic rings. The number of amides is 2. The average molecular weight is 285 g/mol. The largest absolute Gasteiger partial charge is 0.351 e. The molecule has 0 aliphatic carbocycles. The van der Waals surface area contributed by atoms with Crippen molar-refractivity contribution < 1.29 is 9.59 Å². The van der Waals surface area contributed by atoms with E-state index in [2.05, 4.69) is 10.3 Å². The van der Waals surface area contributed by atoms with Gasteiger partial charge in [-0.25, -0.2) is 0 Å². The summed E-state index contributed by atoms with van der Waals surface area (Å²) in [6, 6.07) is 9.84.